The fourth-order valence-corrected chi connectivity index (χ4v) is 8.09. The van der Waals surface area contributed by atoms with E-state index in [-0.39, 0.29) is 10.8 Å². The van der Waals surface area contributed by atoms with Gasteiger partial charge in [-0.05, 0) is 82.6 Å². The predicted molar refractivity (Wildman–Crippen MR) is 237 cm³/mol. The van der Waals surface area contributed by atoms with Gasteiger partial charge >= 0.3 is 0 Å². The highest BCUT2D eigenvalue weighted by molar-refractivity contribution is 6.10. The van der Waals surface area contributed by atoms with Crippen molar-refractivity contribution < 1.29 is 0 Å². The van der Waals surface area contributed by atoms with E-state index in [1.165, 1.54) is 32.9 Å². The molecule has 0 amide bonds. The number of aromatic nitrogens is 3. The predicted octanol–water partition coefficient (Wildman–Crippen LogP) is 14.1. The molecule has 274 valence electrons. The lowest BCUT2D eigenvalue weighted by atomic mass is 9.80. The SMILES string of the molecule is CC(C)(C)c1ccc(C(C)(C)C)c2nc(-c3ccc(N(c4ccccc4)c4ccc5c(c4)c4ccccc4n5-c4ccccc4)cc3)c(-c3ccccc3)nc12. The van der Waals surface area contributed by atoms with E-state index in [2.05, 4.69) is 221 Å². The third-order valence-electron chi connectivity index (χ3n) is 10.8. The molecule has 0 saturated carbocycles. The van der Waals surface area contributed by atoms with Crippen LogP contribution in [0.2, 0.25) is 0 Å². The molecule has 0 radical (unpaired) electrons. The van der Waals surface area contributed by atoms with Crippen LogP contribution in [0.4, 0.5) is 17.1 Å². The Morgan fingerprint density at radius 1 is 0.411 bits per heavy atom. The first kappa shape index (κ1) is 35.2. The number of rotatable bonds is 6. The van der Waals surface area contributed by atoms with Crippen molar-refractivity contribution in [1.82, 2.24) is 14.5 Å². The molecule has 2 heterocycles. The molecule has 9 rings (SSSR count). The minimum absolute atomic E-state index is 0.0964. The molecular formula is C52H46N4. The Labute approximate surface area is 329 Å². The zero-order chi connectivity index (χ0) is 38.6. The average molecular weight is 727 g/mol. The first-order valence-electron chi connectivity index (χ1n) is 19.5. The Hall–Kier alpha value is -6.52. The maximum Gasteiger partial charge on any atom is 0.0973 e. The molecule has 0 N–H and O–H groups in total. The van der Waals surface area contributed by atoms with Crippen molar-refractivity contribution in [2.24, 2.45) is 0 Å². The van der Waals surface area contributed by atoms with Crippen LogP contribution in [-0.2, 0) is 10.8 Å². The third kappa shape index (κ3) is 6.21. The number of benzene rings is 7. The minimum Gasteiger partial charge on any atom is -0.310 e. The highest BCUT2D eigenvalue weighted by Crippen LogP contribution is 2.42. The van der Waals surface area contributed by atoms with Crippen molar-refractivity contribution in [3.63, 3.8) is 0 Å². The summed E-state index contributed by atoms with van der Waals surface area (Å²) in [4.78, 5) is 13.4. The Kier molecular flexibility index (Phi) is 8.58. The zero-order valence-corrected chi connectivity index (χ0v) is 33.0. The normalized spacial score (nSPS) is 12.1. The smallest absolute Gasteiger partial charge is 0.0973 e. The molecule has 9 aromatic rings. The number of fused-ring (bicyclic) bond motifs is 4. The van der Waals surface area contributed by atoms with Gasteiger partial charge in [0, 0.05) is 44.6 Å². The van der Waals surface area contributed by atoms with E-state index in [0.29, 0.717) is 0 Å². The van der Waals surface area contributed by atoms with Gasteiger partial charge in [0.2, 0.25) is 0 Å². The molecule has 0 aliphatic rings. The highest BCUT2D eigenvalue weighted by atomic mass is 15.1. The summed E-state index contributed by atoms with van der Waals surface area (Å²) in [5.41, 5.74) is 14.8. The van der Waals surface area contributed by atoms with Crippen LogP contribution in [0.3, 0.4) is 0 Å². The van der Waals surface area contributed by atoms with E-state index in [1.807, 2.05) is 0 Å². The third-order valence-corrected chi connectivity index (χ3v) is 10.8. The Bertz CT molecular complexity index is 2840. The lowest BCUT2D eigenvalue weighted by Crippen LogP contribution is -2.17. The van der Waals surface area contributed by atoms with Gasteiger partial charge in [-0.2, -0.15) is 0 Å². The fourth-order valence-electron chi connectivity index (χ4n) is 8.09. The lowest BCUT2D eigenvalue weighted by molar-refractivity contribution is 0.583. The van der Waals surface area contributed by atoms with Gasteiger partial charge in [0.15, 0.2) is 0 Å². The van der Waals surface area contributed by atoms with E-state index in [0.717, 1.165) is 56.3 Å². The summed E-state index contributed by atoms with van der Waals surface area (Å²) in [7, 11) is 0. The van der Waals surface area contributed by atoms with Crippen molar-refractivity contribution in [2.75, 3.05) is 4.90 Å². The van der Waals surface area contributed by atoms with Crippen LogP contribution < -0.4 is 4.90 Å². The van der Waals surface area contributed by atoms with Gasteiger partial charge in [-0.25, -0.2) is 9.97 Å². The monoisotopic (exact) mass is 726 g/mol. The van der Waals surface area contributed by atoms with Crippen molar-refractivity contribution in [1.29, 1.82) is 0 Å². The average Bonchev–Trinajstić information content (AvgIpc) is 3.54. The van der Waals surface area contributed by atoms with E-state index in [1.54, 1.807) is 0 Å². The Balaban J connectivity index is 1.22. The number of anilines is 3. The van der Waals surface area contributed by atoms with Gasteiger partial charge in [0.25, 0.3) is 0 Å². The molecule has 0 aliphatic carbocycles. The summed E-state index contributed by atoms with van der Waals surface area (Å²) in [6, 6.07) is 60.6. The summed E-state index contributed by atoms with van der Waals surface area (Å²) < 4.78 is 2.36. The van der Waals surface area contributed by atoms with Crippen LogP contribution >= 0.6 is 0 Å². The number of nitrogens with zero attached hydrogens (tertiary/aromatic N) is 4. The minimum atomic E-state index is -0.108. The van der Waals surface area contributed by atoms with Gasteiger partial charge in [0.1, 0.15) is 0 Å². The maximum absolute atomic E-state index is 5.57. The van der Waals surface area contributed by atoms with E-state index < -0.39 is 0 Å². The fraction of sp³-hybridized carbons (Fsp3) is 0.154. The number of para-hydroxylation sites is 3. The summed E-state index contributed by atoms with van der Waals surface area (Å²) in [6.45, 7) is 13.5. The van der Waals surface area contributed by atoms with Crippen LogP contribution in [0.15, 0.2) is 170 Å². The Morgan fingerprint density at radius 3 is 1.46 bits per heavy atom. The molecule has 7 aromatic carbocycles. The quantitative estimate of drug-likeness (QED) is 0.171. The van der Waals surface area contributed by atoms with Crippen molar-refractivity contribution in [3.8, 4) is 28.2 Å². The summed E-state index contributed by atoms with van der Waals surface area (Å²) >= 11 is 0. The van der Waals surface area contributed by atoms with Crippen LogP contribution in [0, 0.1) is 0 Å². The molecule has 0 fully saturated rings. The number of hydrogen-bond donors (Lipinski definition) is 0. The lowest BCUT2D eigenvalue weighted by Gasteiger charge is -2.27. The molecule has 0 aliphatic heterocycles. The van der Waals surface area contributed by atoms with Crippen LogP contribution in [0.5, 0.6) is 0 Å². The van der Waals surface area contributed by atoms with Gasteiger partial charge in [0.05, 0.1) is 33.5 Å². The van der Waals surface area contributed by atoms with E-state index in [4.69, 9.17) is 9.97 Å². The molecule has 0 bridgehead atoms. The van der Waals surface area contributed by atoms with Crippen LogP contribution in [0.1, 0.15) is 52.7 Å². The standard InChI is InChI=1S/C52H46N4/c1-51(2,3)43-31-32-44(52(4,5)6)50-49(43)53-47(35-18-10-7-11-19-35)48(54-50)36-26-28-39(29-27-36)55(37-20-12-8-13-21-37)40-30-33-46-42(34-40)41-24-16-17-25-45(41)56(46)38-22-14-9-15-23-38/h7-34H,1-6H3. The second-order valence-electron chi connectivity index (χ2n) is 16.8. The molecule has 0 atom stereocenters. The van der Waals surface area contributed by atoms with Gasteiger partial charge in [-0.15, -0.1) is 0 Å². The van der Waals surface area contributed by atoms with Gasteiger partial charge in [-0.1, -0.05) is 151 Å². The molecule has 4 heteroatoms. The van der Waals surface area contributed by atoms with Crippen LogP contribution in [-0.4, -0.2) is 14.5 Å². The van der Waals surface area contributed by atoms with E-state index in [9.17, 15) is 0 Å². The zero-order valence-electron chi connectivity index (χ0n) is 33.0. The topological polar surface area (TPSA) is 34.0 Å². The molecule has 4 nitrogen and oxygen atoms in total. The summed E-state index contributed by atoms with van der Waals surface area (Å²) in [5, 5.41) is 2.44. The molecule has 0 spiro atoms. The first-order chi connectivity index (χ1) is 27.1. The van der Waals surface area contributed by atoms with E-state index >= 15 is 0 Å². The molecular weight excluding hydrogens is 681 g/mol. The van der Waals surface area contributed by atoms with Crippen molar-refractivity contribution >= 4 is 49.9 Å². The van der Waals surface area contributed by atoms with Gasteiger partial charge < -0.3 is 9.47 Å². The van der Waals surface area contributed by atoms with Crippen LogP contribution in [0.25, 0.3) is 61.0 Å². The Morgan fingerprint density at radius 2 is 0.875 bits per heavy atom. The molecule has 0 saturated heterocycles. The second kappa shape index (κ2) is 13.6. The highest BCUT2D eigenvalue weighted by Gasteiger charge is 2.27. The maximum atomic E-state index is 5.57. The second-order valence-corrected chi connectivity index (χ2v) is 16.8. The van der Waals surface area contributed by atoms with Crippen molar-refractivity contribution in [3.05, 3.63) is 181 Å². The largest absolute Gasteiger partial charge is 0.310 e. The molecule has 56 heavy (non-hydrogen) atoms. The number of hydrogen-bond acceptors (Lipinski definition) is 3. The first-order valence-corrected chi connectivity index (χ1v) is 19.5. The van der Waals surface area contributed by atoms with Crippen molar-refractivity contribution in [2.45, 2.75) is 52.4 Å². The van der Waals surface area contributed by atoms with Gasteiger partial charge in [-0.3, -0.25) is 0 Å². The summed E-state index contributed by atoms with van der Waals surface area (Å²) in [5.74, 6) is 0. The molecule has 0 unspecified atom stereocenters. The molecule has 2 aromatic heterocycles. The summed E-state index contributed by atoms with van der Waals surface area (Å²) in [6.07, 6.45) is 0.